The predicted octanol–water partition coefficient (Wildman–Crippen LogP) is 0.437. The zero-order valence-corrected chi connectivity index (χ0v) is 4.25. The molecule has 0 unspecified atom stereocenters. The molecular weight excluding hydrogens is 116 g/mol. The van der Waals surface area contributed by atoms with E-state index in [1.165, 1.54) is 0 Å². The number of ether oxygens (including phenoxy) is 1. The van der Waals surface area contributed by atoms with Gasteiger partial charge in [0.25, 0.3) is 0 Å². The molecule has 0 rings (SSSR count). The smallest absolute Gasteiger partial charge is 0.433 e. The summed E-state index contributed by atoms with van der Waals surface area (Å²) in [7, 11) is 0. The Morgan fingerprint density at radius 2 is 2.25 bits per heavy atom. The van der Waals surface area contributed by atoms with Crippen molar-refractivity contribution in [2.24, 2.45) is 0 Å². The maximum Gasteiger partial charge on any atom is 0.542 e. The molecule has 0 heterocycles. The van der Waals surface area contributed by atoms with Gasteiger partial charge in [-0.3, -0.25) is 0 Å². The lowest BCUT2D eigenvalue weighted by molar-refractivity contribution is -0.500. The second-order valence-corrected chi connectivity index (χ2v) is 0.834. The van der Waals surface area contributed by atoms with Crippen molar-refractivity contribution in [1.29, 1.82) is 0 Å². The molecule has 0 amide bonds. The van der Waals surface area contributed by atoms with Crippen molar-refractivity contribution in [3.8, 4) is 0 Å². The van der Waals surface area contributed by atoms with Crippen LogP contribution in [0.5, 0.6) is 0 Å². The van der Waals surface area contributed by atoms with Crippen molar-refractivity contribution in [2.75, 3.05) is 6.61 Å². The van der Waals surface area contributed by atoms with Crippen LogP contribution in [0.2, 0.25) is 0 Å². The van der Waals surface area contributed by atoms with Crippen LogP contribution in [0, 0.1) is 0 Å². The van der Waals surface area contributed by atoms with Gasteiger partial charge in [0.1, 0.15) is 0 Å². The van der Waals surface area contributed by atoms with E-state index >= 15 is 0 Å². The van der Waals surface area contributed by atoms with E-state index in [1.54, 1.807) is 6.92 Å². The van der Waals surface area contributed by atoms with Gasteiger partial charge in [0.2, 0.25) is 0 Å². The molecule has 0 fully saturated rings. The lowest BCUT2D eigenvalue weighted by atomic mass is 10.9. The molecule has 0 aromatic rings. The van der Waals surface area contributed by atoms with E-state index in [4.69, 9.17) is 5.26 Å². The van der Waals surface area contributed by atoms with E-state index in [-0.39, 0.29) is 6.61 Å². The third-order valence-electron chi connectivity index (χ3n) is 0.364. The van der Waals surface area contributed by atoms with Gasteiger partial charge in [0, 0.05) is 10.3 Å². The monoisotopic (exact) mass is 121 g/mol. The molecule has 0 aromatic heterocycles. The van der Waals surface area contributed by atoms with Gasteiger partial charge in [-0.1, -0.05) is 0 Å². The number of carbonyl (C=O) groups excluding carboxylic acids is 1. The zero-order valence-electron chi connectivity index (χ0n) is 4.25. The van der Waals surface area contributed by atoms with Crippen molar-refractivity contribution in [3.05, 3.63) is 0 Å². The fourth-order valence-electron chi connectivity index (χ4n) is 0.170. The van der Waals surface area contributed by atoms with Gasteiger partial charge in [-0.15, -0.1) is 0 Å². The van der Waals surface area contributed by atoms with E-state index in [9.17, 15) is 4.79 Å². The van der Waals surface area contributed by atoms with E-state index in [0.717, 1.165) is 0 Å². The molecule has 0 bridgehead atoms. The summed E-state index contributed by atoms with van der Waals surface area (Å²) >= 11 is 0. The van der Waals surface area contributed by atoms with E-state index in [1.807, 2.05) is 0 Å². The first-order chi connectivity index (χ1) is 3.81. The maximum atomic E-state index is 9.87. The summed E-state index contributed by atoms with van der Waals surface area (Å²) in [5.41, 5.74) is 0. The second-order valence-electron chi connectivity index (χ2n) is 0.834. The molecule has 0 saturated heterocycles. The molecule has 0 aliphatic rings. The maximum absolute atomic E-state index is 9.87. The highest BCUT2D eigenvalue weighted by Gasteiger charge is 2.00. The van der Waals surface area contributed by atoms with Crippen molar-refractivity contribution in [2.45, 2.75) is 6.92 Å². The average molecular weight is 121 g/mol. The SMILES string of the molecule is CCOC(=O)OO[O]. The molecular formula is C3H5O5. The van der Waals surface area contributed by atoms with Crippen molar-refractivity contribution in [3.63, 3.8) is 0 Å². The van der Waals surface area contributed by atoms with Gasteiger partial charge in [0.15, 0.2) is 0 Å². The van der Waals surface area contributed by atoms with Crippen LogP contribution in [-0.2, 0) is 19.9 Å². The number of rotatable bonds is 2. The Morgan fingerprint density at radius 1 is 1.62 bits per heavy atom. The Morgan fingerprint density at radius 3 is 2.62 bits per heavy atom. The van der Waals surface area contributed by atoms with Crippen molar-refractivity contribution < 1.29 is 24.7 Å². The fourth-order valence-corrected chi connectivity index (χ4v) is 0.170. The molecule has 0 aliphatic carbocycles. The molecule has 0 aromatic carbocycles. The Hall–Kier alpha value is -0.810. The van der Waals surface area contributed by atoms with Gasteiger partial charge >= 0.3 is 6.16 Å². The van der Waals surface area contributed by atoms with Gasteiger partial charge in [-0.25, -0.2) is 9.68 Å². The summed E-state index contributed by atoms with van der Waals surface area (Å²) < 4.78 is 4.10. The first kappa shape index (κ1) is 7.19. The Kier molecular flexibility index (Phi) is 3.91. The molecule has 0 spiro atoms. The third-order valence-corrected chi connectivity index (χ3v) is 0.364. The summed E-state index contributed by atoms with van der Waals surface area (Å²) in [5.74, 6) is 0. The van der Waals surface area contributed by atoms with E-state index in [2.05, 4.69) is 14.7 Å². The highest BCUT2D eigenvalue weighted by atomic mass is 17.5. The summed E-state index contributed by atoms with van der Waals surface area (Å²) in [6.45, 7) is 1.73. The molecule has 47 valence electrons. The lowest BCUT2D eigenvalue weighted by Gasteiger charge is -1.93. The molecule has 0 aliphatic heterocycles. The van der Waals surface area contributed by atoms with Crippen LogP contribution in [-0.4, -0.2) is 12.8 Å². The highest BCUT2D eigenvalue weighted by Crippen LogP contribution is 1.82. The number of hydrogen-bond acceptors (Lipinski definition) is 4. The molecule has 0 atom stereocenters. The third kappa shape index (κ3) is 3.38. The zero-order chi connectivity index (χ0) is 6.41. The Balaban J connectivity index is 3.06. The molecule has 5 nitrogen and oxygen atoms in total. The summed E-state index contributed by atoms with van der Waals surface area (Å²) in [6, 6.07) is 0. The van der Waals surface area contributed by atoms with Crippen LogP contribution in [0.3, 0.4) is 0 Å². The number of hydrogen-bond donors (Lipinski definition) is 0. The van der Waals surface area contributed by atoms with Crippen molar-refractivity contribution in [1.82, 2.24) is 0 Å². The van der Waals surface area contributed by atoms with E-state index in [0.29, 0.717) is 0 Å². The lowest BCUT2D eigenvalue weighted by Crippen LogP contribution is -2.05. The van der Waals surface area contributed by atoms with Gasteiger partial charge in [-0.2, -0.15) is 0 Å². The van der Waals surface area contributed by atoms with Gasteiger partial charge in [0.05, 0.1) is 6.61 Å². The van der Waals surface area contributed by atoms with E-state index < -0.39 is 6.16 Å². The van der Waals surface area contributed by atoms with Crippen LogP contribution in [0.1, 0.15) is 6.92 Å². The molecule has 1 radical (unpaired) electrons. The normalized spacial score (nSPS) is 8.25. The minimum absolute atomic E-state index is 0.155. The standard InChI is InChI=1S/C3H5O5/c1-2-6-3(4)7-8-5/h2H2,1H3. The summed E-state index contributed by atoms with van der Waals surface area (Å²) in [4.78, 5) is 13.2. The highest BCUT2D eigenvalue weighted by molar-refractivity contribution is 5.58. The molecule has 0 N–H and O–H groups in total. The first-order valence-electron chi connectivity index (χ1n) is 1.94. The Labute approximate surface area is 45.6 Å². The quantitative estimate of drug-likeness (QED) is 0.302. The largest absolute Gasteiger partial charge is 0.542 e. The average Bonchev–Trinajstić information content (AvgIpc) is 1.68. The summed E-state index contributed by atoms with van der Waals surface area (Å²) in [5, 5.41) is 11.7. The van der Waals surface area contributed by atoms with Crippen LogP contribution < -0.4 is 0 Å². The first-order valence-corrected chi connectivity index (χ1v) is 1.94. The second kappa shape index (κ2) is 4.35. The fraction of sp³-hybridized carbons (Fsp3) is 0.667. The predicted molar refractivity (Wildman–Crippen MR) is 19.9 cm³/mol. The minimum atomic E-state index is -1.12. The number of carbonyl (C=O) groups is 1. The van der Waals surface area contributed by atoms with Crippen LogP contribution >= 0.6 is 0 Å². The Bertz CT molecular complexity index is 62.1. The molecule has 5 heteroatoms. The van der Waals surface area contributed by atoms with Crippen LogP contribution in [0.25, 0.3) is 0 Å². The van der Waals surface area contributed by atoms with Crippen molar-refractivity contribution >= 4 is 6.16 Å². The van der Waals surface area contributed by atoms with Gasteiger partial charge in [-0.05, 0) is 6.92 Å². The summed E-state index contributed by atoms with van der Waals surface area (Å²) in [6.07, 6.45) is -1.12. The molecule has 0 saturated carbocycles. The minimum Gasteiger partial charge on any atom is -0.433 e. The van der Waals surface area contributed by atoms with Crippen LogP contribution in [0.4, 0.5) is 4.79 Å². The van der Waals surface area contributed by atoms with Crippen LogP contribution in [0.15, 0.2) is 0 Å². The molecule has 8 heavy (non-hydrogen) atoms. The topological polar surface area (TPSA) is 64.7 Å². The van der Waals surface area contributed by atoms with Gasteiger partial charge < -0.3 is 4.74 Å².